The summed E-state index contributed by atoms with van der Waals surface area (Å²) < 4.78 is 15.9. The second kappa shape index (κ2) is 6.76. The Morgan fingerprint density at radius 1 is 1.15 bits per heavy atom. The van der Waals surface area contributed by atoms with Gasteiger partial charge >= 0.3 is 5.97 Å². The molecule has 0 saturated heterocycles. The van der Waals surface area contributed by atoms with Crippen molar-refractivity contribution in [2.45, 2.75) is 6.61 Å². The van der Waals surface area contributed by atoms with Crippen LogP contribution in [0.1, 0.15) is 16.2 Å². The van der Waals surface area contributed by atoms with Crippen LogP contribution in [0.4, 0.5) is 0 Å². The third-order valence-corrected chi connectivity index (χ3v) is 3.99. The number of hydrogen-bond donors (Lipinski definition) is 1. The Hall–Kier alpha value is -3.54. The number of carbonyl (C=O) groups is 1. The monoisotopic (exact) mass is 348 g/mol. The molecule has 4 aromatic rings. The number of rotatable bonds is 5. The van der Waals surface area contributed by atoms with Gasteiger partial charge in [0.05, 0.1) is 7.11 Å². The van der Waals surface area contributed by atoms with Crippen LogP contribution in [-0.2, 0) is 11.3 Å². The number of benzene rings is 2. The zero-order valence-electron chi connectivity index (χ0n) is 14.1. The molecule has 0 amide bonds. The molecule has 0 spiro atoms. The van der Waals surface area contributed by atoms with E-state index in [1.807, 2.05) is 48.5 Å². The lowest BCUT2D eigenvalue weighted by molar-refractivity contribution is 0.0462. The predicted octanol–water partition coefficient (Wildman–Crippen LogP) is 4.19. The molecule has 0 unspecified atom stereocenters. The maximum Gasteiger partial charge on any atom is 0.355 e. The molecule has 0 atom stereocenters. The number of ether oxygens (including phenoxy) is 2. The van der Waals surface area contributed by atoms with E-state index in [-0.39, 0.29) is 6.61 Å². The van der Waals surface area contributed by atoms with Gasteiger partial charge in [-0.3, -0.25) is 0 Å². The summed E-state index contributed by atoms with van der Waals surface area (Å²) in [5.74, 6) is 0.785. The van der Waals surface area contributed by atoms with E-state index in [2.05, 4.69) is 9.97 Å². The molecular formula is C20H16N2O4. The summed E-state index contributed by atoms with van der Waals surface area (Å²) in [6, 6.07) is 16.8. The van der Waals surface area contributed by atoms with Crippen LogP contribution in [0.15, 0.2) is 65.3 Å². The van der Waals surface area contributed by atoms with Crippen LogP contribution in [-0.4, -0.2) is 23.0 Å². The van der Waals surface area contributed by atoms with Crippen LogP contribution in [0.3, 0.4) is 0 Å². The van der Waals surface area contributed by atoms with E-state index >= 15 is 0 Å². The molecule has 6 nitrogen and oxygen atoms in total. The van der Waals surface area contributed by atoms with Crippen molar-refractivity contribution in [3.63, 3.8) is 0 Å². The van der Waals surface area contributed by atoms with E-state index in [0.717, 1.165) is 22.2 Å². The van der Waals surface area contributed by atoms with Crippen molar-refractivity contribution >= 4 is 16.9 Å². The molecule has 4 rings (SSSR count). The molecule has 2 aromatic carbocycles. The zero-order chi connectivity index (χ0) is 17.9. The summed E-state index contributed by atoms with van der Waals surface area (Å²) in [6.07, 6.45) is 1.48. The summed E-state index contributed by atoms with van der Waals surface area (Å²) in [5.41, 5.74) is 2.66. The lowest BCUT2D eigenvalue weighted by atomic mass is 10.2. The summed E-state index contributed by atoms with van der Waals surface area (Å²) in [5, 5.41) is 0.961. The number of aromatic nitrogens is 2. The number of methoxy groups -OCH3 is 1. The Bertz CT molecular complexity index is 1010. The van der Waals surface area contributed by atoms with Gasteiger partial charge in [0.15, 0.2) is 0 Å². The number of carbonyl (C=O) groups excluding carboxylic acids is 1. The van der Waals surface area contributed by atoms with Crippen LogP contribution >= 0.6 is 0 Å². The Kier molecular flexibility index (Phi) is 4.15. The van der Waals surface area contributed by atoms with E-state index in [1.165, 1.54) is 6.26 Å². The van der Waals surface area contributed by atoms with Crippen molar-refractivity contribution in [1.29, 1.82) is 0 Å². The minimum absolute atomic E-state index is 0.0356. The van der Waals surface area contributed by atoms with Gasteiger partial charge in [-0.2, -0.15) is 0 Å². The van der Waals surface area contributed by atoms with Crippen molar-refractivity contribution in [3.8, 4) is 17.2 Å². The number of nitrogens with one attached hydrogen (secondary N) is 1. The second-order valence-electron chi connectivity index (χ2n) is 5.72. The Morgan fingerprint density at radius 2 is 1.96 bits per heavy atom. The fourth-order valence-corrected chi connectivity index (χ4v) is 2.64. The number of nitrogens with zero attached hydrogens (tertiary/aromatic N) is 1. The van der Waals surface area contributed by atoms with E-state index in [0.29, 0.717) is 17.3 Å². The molecule has 0 bridgehead atoms. The van der Waals surface area contributed by atoms with Gasteiger partial charge in [0.25, 0.3) is 0 Å². The van der Waals surface area contributed by atoms with E-state index in [1.54, 1.807) is 13.2 Å². The quantitative estimate of drug-likeness (QED) is 0.547. The van der Waals surface area contributed by atoms with Gasteiger partial charge in [0.1, 0.15) is 30.0 Å². The highest BCUT2D eigenvalue weighted by Gasteiger charge is 2.13. The first-order valence-electron chi connectivity index (χ1n) is 8.06. The zero-order valence-corrected chi connectivity index (χ0v) is 14.1. The van der Waals surface area contributed by atoms with Gasteiger partial charge in [-0.1, -0.05) is 18.2 Å². The van der Waals surface area contributed by atoms with Crippen molar-refractivity contribution < 1.29 is 18.7 Å². The number of hydrogen-bond acceptors (Lipinski definition) is 5. The summed E-state index contributed by atoms with van der Waals surface area (Å²) in [7, 11) is 1.61. The van der Waals surface area contributed by atoms with Crippen molar-refractivity contribution in [1.82, 2.24) is 9.97 Å². The highest BCUT2D eigenvalue weighted by molar-refractivity contribution is 5.94. The molecule has 1 N–H and O–H groups in total. The first-order chi connectivity index (χ1) is 12.7. The normalized spacial score (nSPS) is 10.8. The lowest BCUT2D eigenvalue weighted by Crippen LogP contribution is -2.05. The largest absolute Gasteiger partial charge is 0.497 e. The van der Waals surface area contributed by atoms with Crippen LogP contribution in [0.25, 0.3) is 22.4 Å². The molecule has 0 radical (unpaired) electrons. The first kappa shape index (κ1) is 16.0. The highest BCUT2D eigenvalue weighted by atomic mass is 16.5. The molecule has 2 heterocycles. The third kappa shape index (κ3) is 3.17. The molecule has 0 aliphatic carbocycles. The smallest absolute Gasteiger partial charge is 0.355 e. The fourth-order valence-electron chi connectivity index (χ4n) is 2.64. The molecule has 0 aliphatic heterocycles. The van der Waals surface area contributed by atoms with Crippen LogP contribution in [0.5, 0.6) is 5.75 Å². The molecule has 130 valence electrons. The molecule has 0 fully saturated rings. The van der Waals surface area contributed by atoms with Gasteiger partial charge in [-0.15, -0.1) is 0 Å². The van der Waals surface area contributed by atoms with Gasteiger partial charge in [-0.05, 0) is 36.4 Å². The Balaban J connectivity index is 1.43. The van der Waals surface area contributed by atoms with E-state index in [9.17, 15) is 4.79 Å². The third-order valence-electron chi connectivity index (χ3n) is 3.99. The molecule has 0 saturated carbocycles. The molecule has 2 aromatic heterocycles. The second-order valence-corrected chi connectivity index (χ2v) is 5.72. The Morgan fingerprint density at radius 3 is 2.73 bits per heavy atom. The van der Waals surface area contributed by atoms with Gasteiger partial charge in [0.2, 0.25) is 5.89 Å². The average Bonchev–Trinajstić information content (AvgIpc) is 3.33. The predicted molar refractivity (Wildman–Crippen MR) is 95.9 cm³/mol. The standard InChI is InChI=1S/C20H16N2O4/c1-24-16-8-6-13(7-9-16)19-21-15(11-25-19)12-26-20(23)18-10-14-4-2-3-5-17(14)22-18/h2-11,22H,12H2,1H3. The van der Waals surface area contributed by atoms with E-state index < -0.39 is 5.97 Å². The number of oxazole rings is 1. The Labute approximate surface area is 149 Å². The minimum Gasteiger partial charge on any atom is -0.497 e. The van der Waals surface area contributed by atoms with Crippen molar-refractivity contribution in [2.24, 2.45) is 0 Å². The summed E-state index contributed by atoms with van der Waals surface area (Å²) >= 11 is 0. The maximum atomic E-state index is 12.2. The van der Waals surface area contributed by atoms with Crippen molar-refractivity contribution in [2.75, 3.05) is 7.11 Å². The first-order valence-corrected chi connectivity index (χ1v) is 8.06. The number of esters is 1. The number of fused-ring (bicyclic) bond motifs is 1. The fraction of sp³-hybridized carbons (Fsp3) is 0.100. The molecule has 26 heavy (non-hydrogen) atoms. The summed E-state index contributed by atoms with van der Waals surface area (Å²) in [4.78, 5) is 19.6. The highest BCUT2D eigenvalue weighted by Crippen LogP contribution is 2.22. The van der Waals surface area contributed by atoms with Crippen molar-refractivity contribution in [3.05, 3.63) is 72.2 Å². The topological polar surface area (TPSA) is 77.4 Å². The van der Waals surface area contributed by atoms with Crippen LogP contribution < -0.4 is 4.74 Å². The molecular weight excluding hydrogens is 332 g/mol. The number of para-hydroxylation sites is 1. The van der Waals surface area contributed by atoms with Gasteiger partial charge in [0, 0.05) is 16.5 Å². The van der Waals surface area contributed by atoms with Gasteiger partial charge < -0.3 is 18.9 Å². The van der Waals surface area contributed by atoms with Crippen LogP contribution in [0, 0.1) is 0 Å². The lowest BCUT2D eigenvalue weighted by Gasteiger charge is -2.00. The minimum atomic E-state index is -0.435. The SMILES string of the molecule is COc1ccc(-c2nc(COC(=O)c3cc4ccccc4[nH]3)co2)cc1. The van der Waals surface area contributed by atoms with E-state index in [4.69, 9.17) is 13.9 Å². The summed E-state index contributed by atoms with van der Waals surface area (Å²) in [6.45, 7) is 0.0356. The maximum absolute atomic E-state index is 12.2. The van der Waals surface area contributed by atoms with Gasteiger partial charge in [-0.25, -0.2) is 9.78 Å². The average molecular weight is 348 g/mol. The number of aromatic amines is 1. The molecule has 6 heteroatoms. The van der Waals surface area contributed by atoms with Crippen LogP contribution in [0.2, 0.25) is 0 Å². The molecule has 0 aliphatic rings. The number of H-pyrrole nitrogens is 1.